The number of nitrogens with zero attached hydrogens (tertiary/aromatic N) is 4. The van der Waals surface area contributed by atoms with Crippen LogP contribution < -0.4 is 0 Å². The van der Waals surface area contributed by atoms with Gasteiger partial charge >= 0.3 is 5.97 Å². The summed E-state index contributed by atoms with van der Waals surface area (Å²) in [6, 6.07) is 0.446. The van der Waals surface area contributed by atoms with Crippen molar-refractivity contribution in [1.29, 1.82) is 0 Å². The van der Waals surface area contributed by atoms with Gasteiger partial charge < -0.3 is 5.11 Å². The Bertz CT molecular complexity index is 439. The van der Waals surface area contributed by atoms with E-state index in [0.29, 0.717) is 23.8 Å². The minimum absolute atomic E-state index is 0.433. The van der Waals surface area contributed by atoms with E-state index in [4.69, 9.17) is 5.11 Å². The van der Waals surface area contributed by atoms with Gasteiger partial charge in [-0.3, -0.25) is 0 Å². The topological polar surface area (TPSA) is 80.9 Å². The van der Waals surface area contributed by atoms with Crippen molar-refractivity contribution in [3.8, 4) is 0 Å². The molecule has 1 aliphatic carbocycles. The largest absolute Gasteiger partial charge is 0.478 e. The van der Waals surface area contributed by atoms with E-state index in [1.165, 1.54) is 11.8 Å². The summed E-state index contributed by atoms with van der Waals surface area (Å²) in [7, 11) is 0. The van der Waals surface area contributed by atoms with Crippen molar-refractivity contribution in [2.45, 2.75) is 37.4 Å². The highest BCUT2D eigenvalue weighted by Crippen LogP contribution is 2.36. The van der Waals surface area contributed by atoms with Gasteiger partial charge in [-0.05, 0) is 29.7 Å². The number of rotatable bonds is 6. The highest BCUT2D eigenvalue weighted by Gasteiger charge is 2.27. The van der Waals surface area contributed by atoms with E-state index in [1.807, 2.05) is 11.6 Å². The summed E-state index contributed by atoms with van der Waals surface area (Å²) in [5.74, 6) is -0.266. The third-order valence-corrected chi connectivity index (χ3v) is 3.41. The van der Waals surface area contributed by atoms with Crippen molar-refractivity contribution in [2.24, 2.45) is 0 Å². The molecule has 0 aromatic carbocycles. The quantitative estimate of drug-likeness (QED) is 0.612. The molecule has 0 saturated heterocycles. The fourth-order valence-corrected chi connectivity index (χ4v) is 2.27. The van der Waals surface area contributed by atoms with Crippen LogP contribution in [0.2, 0.25) is 0 Å². The monoisotopic (exact) mass is 254 g/mol. The molecule has 0 radical (unpaired) electrons. The smallest absolute Gasteiger partial charge is 0.331 e. The molecule has 1 saturated carbocycles. The van der Waals surface area contributed by atoms with Crippen molar-refractivity contribution >= 4 is 17.7 Å². The minimum atomic E-state index is -0.852. The lowest BCUT2D eigenvalue weighted by molar-refractivity contribution is -0.132. The number of carboxylic acid groups (broad SMARTS) is 1. The van der Waals surface area contributed by atoms with Crippen molar-refractivity contribution in [3.63, 3.8) is 0 Å². The van der Waals surface area contributed by atoms with E-state index in [-0.39, 0.29) is 0 Å². The zero-order valence-corrected chi connectivity index (χ0v) is 10.4. The van der Waals surface area contributed by atoms with Gasteiger partial charge in [0.25, 0.3) is 0 Å². The SMILES string of the molecule is CCC(=CCSc1nnnn1C1CC1)C(=O)O. The van der Waals surface area contributed by atoms with Crippen LogP contribution in [0, 0.1) is 0 Å². The molecule has 1 aromatic rings. The van der Waals surface area contributed by atoms with Gasteiger partial charge in [0.05, 0.1) is 6.04 Å². The molecule has 17 heavy (non-hydrogen) atoms. The molecule has 92 valence electrons. The number of hydrogen-bond donors (Lipinski definition) is 1. The Labute approximate surface area is 103 Å². The van der Waals surface area contributed by atoms with E-state index in [2.05, 4.69) is 15.5 Å². The van der Waals surface area contributed by atoms with Crippen LogP contribution in [0.1, 0.15) is 32.2 Å². The number of carboxylic acids is 1. The molecule has 0 unspecified atom stereocenters. The van der Waals surface area contributed by atoms with Crippen LogP contribution >= 0.6 is 11.8 Å². The summed E-state index contributed by atoms with van der Waals surface area (Å²) in [6.07, 6.45) is 4.51. The van der Waals surface area contributed by atoms with E-state index in [9.17, 15) is 4.79 Å². The lowest BCUT2D eigenvalue weighted by atomic mass is 10.2. The second kappa shape index (κ2) is 5.31. The molecule has 0 bridgehead atoms. The lowest BCUT2D eigenvalue weighted by Gasteiger charge is -2.00. The van der Waals surface area contributed by atoms with Crippen LogP contribution in [0.5, 0.6) is 0 Å². The first-order valence-electron chi connectivity index (χ1n) is 5.55. The van der Waals surface area contributed by atoms with Gasteiger partial charge in [-0.2, -0.15) is 0 Å². The van der Waals surface area contributed by atoms with Crippen LogP contribution in [-0.2, 0) is 4.79 Å². The van der Waals surface area contributed by atoms with E-state index >= 15 is 0 Å². The summed E-state index contributed by atoms with van der Waals surface area (Å²) in [4.78, 5) is 10.8. The number of hydrogen-bond acceptors (Lipinski definition) is 5. The molecule has 0 amide bonds. The second-order valence-electron chi connectivity index (χ2n) is 3.84. The normalized spacial score (nSPS) is 16.2. The van der Waals surface area contributed by atoms with Crippen molar-refractivity contribution in [2.75, 3.05) is 5.75 Å². The molecule has 0 aliphatic heterocycles. The predicted octanol–water partition coefficient (Wildman–Crippen LogP) is 1.52. The van der Waals surface area contributed by atoms with Gasteiger partial charge in [-0.1, -0.05) is 24.8 Å². The van der Waals surface area contributed by atoms with Crippen LogP contribution in [0.4, 0.5) is 0 Å². The second-order valence-corrected chi connectivity index (χ2v) is 4.82. The average Bonchev–Trinajstić information content (AvgIpc) is 3.04. The van der Waals surface area contributed by atoms with Gasteiger partial charge in [0.15, 0.2) is 0 Å². The van der Waals surface area contributed by atoms with Crippen LogP contribution in [0.3, 0.4) is 0 Å². The van der Waals surface area contributed by atoms with Crippen molar-refractivity contribution in [1.82, 2.24) is 20.2 Å². The Morgan fingerprint density at radius 3 is 3.00 bits per heavy atom. The number of aliphatic carboxylic acids is 1. The lowest BCUT2D eigenvalue weighted by Crippen LogP contribution is -2.01. The van der Waals surface area contributed by atoms with Crippen LogP contribution in [0.25, 0.3) is 0 Å². The maximum Gasteiger partial charge on any atom is 0.331 e. The molecule has 1 N–H and O–H groups in total. The molecule has 1 fully saturated rings. The van der Waals surface area contributed by atoms with Crippen LogP contribution in [0.15, 0.2) is 16.8 Å². The molecular formula is C10H14N4O2S. The Kier molecular flexibility index (Phi) is 3.78. The van der Waals surface area contributed by atoms with Gasteiger partial charge in [0, 0.05) is 11.3 Å². The molecule has 0 spiro atoms. The third kappa shape index (κ3) is 3.06. The standard InChI is InChI=1S/C10H14N4O2S/c1-2-7(9(15)16)5-6-17-10-11-12-13-14(10)8-3-4-8/h5,8H,2-4,6H2,1H3,(H,15,16). The maximum absolute atomic E-state index is 10.8. The molecule has 6 nitrogen and oxygen atoms in total. The third-order valence-electron chi connectivity index (χ3n) is 2.55. The van der Waals surface area contributed by atoms with Crippen LogP contribution in [-0.4, -0.2) is 37.0 Å². The zero-order chi connectivity index (χ0) is 12.3. The minimum Gasteiger partial charge on any atom is -0.478 e. The van der Waals surface area contributed by atoms with Gasteiger partial charge in [0.2, 0.25) is 5.16 Å². The molecule has 0 atom stereocenters. The van der Waals surface area contributed by atoms with E-state index in [0.717, 1.165) is 18.0 Å². The van der Waals surface area contributed by atoms with Crippen molar-refractivity contribution in [3.05, 3.63) is 11.6 Å². The summed E-state index contributed by atoms with van der Waals surface area (Å²) in [5, 5.41) is 21.1. The summed E-state index contributed by atoms with van der Waals surface area (Å²) < 4.78 is 1.82. The average molecular weight is 254 g/mol. The first-order valence-corrected chi connectivity index (χ1v) is 6.54. The fraction of sp³-hybridized carbons (Fsp3) is 0.600. The van der Waals surface area contributed by atoms with Crippen molar-refractivity contribution < 1.29 is 9.90 Å². The molecule has 2 rings (SSSR count). The number of tetrazole rings is 1. The van der Waals surface area contributed by atoms with Gasteiger partial charge in [0.1, 0.15) is 0 Å². The Morgan fingerprint density at radius 2 is 2.41 bits per heavy atom. The molecule has 1 aromatic heterocycles. The first-order chi connectivity index (χ1) is 8.22. The highest BCUT2D eigenvalue weighted by atomic mass is 32.2. The zero-order valence-electron chi connectivity index (χ0n) is 9.54. The summed E-state index contributed by atoms with van der Waals surface area (Å²) >= 11 is 1.47. The number of carbonyl (C=O) groups is 1. The molecule has 1 heterocycles. The molecule has 1 aliphatic rings. The fourth-order valence-electron chi connectivity index (χ4n) is 1.43. The Morgan fingerprint density at radius 1 is 1.65 bits per heavy atom. The first kappa shape index (κ1) is 12.1. The number of thioether (sulfide) groups is 1. The Hall–Kier alpha value is -1.37. The molecule has 7 heteroatoms. The Balaban J connectivity index is 1.93. The van der Waals surface area contributed by atoms with Gasteiger partial charge in [-0.15, -0.1) is 5.10 Å². The number of aromatic nitrogens is 4. The van der Waals surface area contributed by atoms with Gasteiger partial charge in [-0.25, -0.2) is 9.48 Å². The summed E-state index contributed by atoms with van der Waals surface area (Å²) in [6.45, 7) is 1.83. The highest BCUT2D eigenvalue weighted by molar-refractivity contribution is 7.99. The molecular weight excluding hydrogens is 240 g/mol. The van der Waals surface area contributed by atoms with E-state index in [1.54, 1.807) is 6.08 Å². The predicted molar refractivity (Wildman–Crippen MR) is 62.8 cm³/mol. The maximum atomic E-state index is 10.8. The van der Waals surface area contributed by atoms with E-state index < -0.39 is 5.97 Å². The summed E-state index contributed by atoms with van der Waals surface area (Å²) in [5.41, 5.74) is 0.433.